The van der Waals surface area contributed by atoms with Crippen LogP contribution in [0.5, 0.6) is 0 Å². The van der Waals surface area contributed by atoms with Crippen molar-refractivity contribution in [2.75, 3.05) is 6.54 Å². The van der Waals surface area contributed by atoms with Gasteiger partial charge in [0.1, 0.15) is 0 Å². The summed E-state index contributed by atoms with van der Waals surface area (Å²) in [5, 5.41) is 13.2. The van der Waals surface area contributed by atoms with Gasteiger partial charge in [0.05, 0.1) is 4.90 Å². The first-order valence-electron chi connectivity index (χ1n) is 8.60. The van der Waals surface area contributed by atoms with Crippen molar-refractivity contribution in [2.45, 2.75) is 43.5 Å². The molecule has 2 rings (SSSR count). The fraction of sp³-hybridized carbons (Fsp3) is 0.368. The molecule has 7 nitrogen and oxygen atoms in total. The molecule has 0 aliphatic heterocycles. The first kappa shape index (κ1) is 20.9. The number of hydrogen-bond acceptors (Lipinski definition) is 4. The molecule has 1 amide bonds. The summed E-state index contributed by atoms with van der Waals surface area (Å²) in [4.78, 5) is 22.8. The standard InChI is InChI=1S/C19H24N2O5S/c1-19(2,11-9-18(23)24)21-17(22)10-12-20-27(25,26)16-8-7-14-5-3-4-6-15(14)13-16/h3-8,13,20H,9-12H2,1-2H3,(H,21,22)(H,23,24). The molecule has 3 N–H and O–H groups in total. The molecule has 0 spiro atoms. The third-order valence-electron chi connectivity index (χ3n) is 4.12. The number of carboxylic acids is 1. The Labute approximate surface area is 158 Å². The van der Waals surface area contributed by atoms with Crippen LogP contribution >= 0.6 is 0 Å². The van der Waals surface area contributed by atoms with Crippen molar-refractivity contribution >= 4 is 32.7 Å². The number of rotatable bonds is 9. The fourth-order valence-corrected chi connectivity index (χ4v) is 3.71. The monoisotopic (exact) mass is 392 g/mol. The molecule has 0 aromatic heterocycles. The first-order valence-corrected chi connectivity index (χ1v) is 10.1. The highest BCUT2D eigenvalue weighted by Crippen LogP contribution is 2.18. The van der Waals surface area contributed by atoms with Gasteiger partial charge in [-0.25, -0.2) is 13.1 Å². The molecule has 0 heterocycles. The molecular formula is C19H24N2O5S. The number of carbonyl (C=O) groups excluding carboxylic acids is 1. The molecule has 146 valence electrons. The van der Waals surface area contributed by atoms with Crippen LogP contribution in [-0.2, 0) is 19.6 Å². The minimum absolute atomic E-state index is 0.0384. The number of benzene rings is 2. The van der Waals surface area contributed by atoms with Crippen molar-refractivity contribution < 1.29 is 23.1 Å². The Kier molecular flexibility index (Phi) is 6.56. The summed E-state index contributed by atoms with van der Waals surface area (Å²) < 4.78 is 27.2. The van der Waals surface area contributed by atoms with Crippen LogP contribution in [0.25, 0.3) is 10.8 Å². The minimum Gasteiger partial charge on any atom is -0.481 e. The largest absolute Gasteiger partial charge is 0.481 e. The van der Waals surface area contributed by atoms with E-state index in [0.717, 1.165) is 10.8 Å². The predicted octanol–water partition coefficient (Wildman–Crippen LogP) is 2.27. The Morgan fingerprint density at radius 2 is 1.70 bits per heavy atom. The van der Waals surface area contributed by atoms with Crippen LogP contribution in [0, 0.1) is 0 Å². The number of fused-ring (bicyclic) bond motifs is 1. The zero-order valence-corrected chi connectivity index (χ0v) is 16.2. The molecule has 0 aliphatic rings. The van der Waals surface area contributed by atoms with Crippen molar-refractivity contribution in [3.05, 3.63) is 42.5 Å². The van der Waals surface area contributed by atoms with Gasteiger partial charge in [-0.05, 0) is 43.2 Å². The molecule has 0 radical (unpaired) electrons. The first-order chi connectivity index (χ1) is 12.6. The lowest BCUT2D eigenvalue weighted by atomic mass is 9.98. The van der Waals surface area contributed by atoms with Gasteiger partial charge in [0, 0.05) is 24.9 Å². The number of carbonyl (C=O) groups is 2. The summed E-state index contributed by atoms with van der Waals surface area (Å²) in [6, 6.07) is 12.3. The van der Waals surface area contributed by atoms with Gasteiger partial charge in [-0.3, -0.25) is 9.59 Å². The van der Waals surface area contributed by atoms with Gasteiger partial charge in [-0.2, -0.15) is 0 Å². The van der Waals surface area contributed by atoms with Crippen LogP contribution in [-0.4, -0.2) is 37.5 Å². The normalized spacial score (nSPS) is 12.1. The van der Waals surface area contributed by atoms with E-state index in [1.165, 1.54) is 6.07 Å². The van der Waals surface area contributed by atoms with E-state index >= 15 is 0 Å². The van der Waals surface area contributed by atoms with Crippen LogP contribution in [0.15, 0.2) is 47.4 Å². The van der Waals surface area contributed by atoms with E-state index < -0.39 is 21.5 Å². The zero-order valence-electron chi connectivity index (χ0n) is 15.4. The highest BCUT2D eigenvalue weighted by atomic mass is 32.2. The average Bonchev–Trinajstić information content (AvgIpc) is 2.59. The van der Waals surface area contributed by atoms with E-state index in [2.05, 4.69) is 10.0 Å². The topological polar surface area (TPSA) is 113 Å². The van der Waals surface area contributed by atoms with E-state index in [0.29, 0.717) is 0 Å². The van der Waals surface area contributed by atoms with Crippen molar-refractivity contribution in [3.63, 3.8) is 0 Å². The summed E-state index contributed by atoms with van der Waals surface area (Å²) in [6.45, 7) is 3.41. The zero-order chi connectivity index (χ0) is 20.1. The Hall–Kier alpha value is -2.45. The van der Waals surface area contributed by atoms with Crippen molar-refractivity contribution in [2.24, 2.45) is 0 Å². The molecule has 0 bridgehead atoms. The van der Waals surface area contributed by atoms with E-state index in [1.54, 1.807) is 26.0 Å². The van der Waals surface area contributed by atoms with Crippen molar-refractivity contribution in [1.29, 1.82) is 0 Å². The quantitative estimate of drug-likeness (QED) is 0.606. The summed E-state index contributed by atoms with van der Waals surface area (Å²) in [7, 11) is -3.72. The highest BCUT2D eigenvalue weighted by Gasteiger charge is 2.22. The second-order valence-electron chi connectivity index (χ2n) is 6.98. The number of aliphatic carboxylic acids is 1. The van der Waals surface area contributed by atoms with Gasteiger partial charge in [0.2, 0.25) is 15.9 Å². The van der Waals surface area contributed by atoms with Crippen molar-refractivity contribution in [3.8, 4) is 0 Å². The summed E-state index contributed by atoms with van der Waals surface area (Å²) in [6.07, 6.45) is 0.197. The molecule has 0 aliphatic carbocycles. The molecule has 8 heteroatoms. The maximum Gasteiger partial charge on any atom is 0.303 e. The number of hydrogen-bond donors (Lipinski definition) is 3. The third kappa shape index (κ3) is 6.33. The smallest absolute Gasteiger partial charge is 0.303 e. The molecule has 0 saturated carbocycles. The average molecular weight is 392 g/mol. The summed E-state index contributed by atoms with van der Waals surface area (Å²) in [5.41, 5.74) is -0.674. The number of sulfonamides is 1. The van der Waals surface area contributed by atoms with Gasteiger partial charge >= 0.3 is 5.97 Å². The molecule has 2 aromatic rings. The lowest BCUT2D eigenvalue weighted by Gasteiger charge is -2.25. The number of amides is 1. The van der Waals surface area contributed by atoms with E-state index in [4.69, 9.17) is 5.11 Å². The Balaban J connectivity index is 1.90. The molecule has 0 fully saturated rings. The maximum atomic E-state index is 12.4. The molecular weight excluding hydrogens is 368 g/mol. The third-order valence-corrected chi connectivity index (χ3v) is 5.58. The van der Waals surface area contributed by atoms with Gasteiger partial charge in [0.25, 0.3) is 0 Å². The lowest BCUT2D eigenvalue weighted by molar-refractivity contribution is -0.137. The van der Waals surface area contributed by atoms with Gasteiger partial charge in [-0.1, -0.05) is 30.3 Å². The van der Waals surface area contributed by atoms with Crippen LogP contribution < -0.4 is 10.0 Å². The fourth-order valence-electron chi connectivity index (χ4n) is 2.64. The predicted molar refractivity (Wildman–Crippen MR) is 103 cm³/mol. The molecule has 2 aromatic carbocycles. The van der Waals surface area contributed by atoms with Gasteiger partial charge < -0.3 is 10.4 Å². The molecule has 0 saturated heterocycles. The van der Waals surface area contributed by atoms with Crippen molar-refractivity contribution in [1.82, 2.24) is 10.0 Å². The van der Waals surface area contributed by atoms with Crippen LogP contribution in [0.3, 0.4) is 0 Å². The second-order valence-corrected chi connectivity index (χ2v) is 8.75. The number of carboxylic acid groups (broad SMARTS) is 1. The van der Waals surface area contributed by atoms with Crippen LogP contribution in [0.4, 0.5) is 0 Å². The highest BCUT2D eigenvalue weighted by molar-refractivity contribution is 7.89. The number of nitrogens with one attached hydrogen (secondary N) is 2. The minimum atomic E-state index is -3.72. The SMILES string of the molecule is CC(C)(CCC(=O)O)NC(=O)CCNS(=O)(=O)c1ccc2ccccc2c1. The maximum absolute atomic E-state index is 12.4. The molecule has 27 heavy (non-hydrogen) atoms. The summed E-state index contributed by atoms with van der Waals surface area (Å²) in [5.74, 6) is -1.27. The Morgan fingerprint density at radius 3 is 2.37 bits per heavy atom. The van der Waals surface area contributed by atoms with E-state index in [9.17, 15) is 18.0 Å². The Bertz CT molecular complexity index is 938. The van der Waals surface area contributed by atoms with E-state index in [1.807, 2.05) is 24.3 Å². The van der Waals surface area contributed by atoms with Crippen LogP contribution in [0.1, 0.15) is 33.1 Å². The molecule has 0 unspecified atom stereocenters. The Morgan fingerprint density at radius 1 is 1.04 bits per heavy atom. The second kappa shape index (κ2) is 8.49. The van der Waals surface area contributed by atoms with E-state index in [-0.39, 0.29) is 36.6 Å². The molecule has 0 atom stereocenters. The van der Waals surface area contributed by atoms with Gasteiger partial charge in [0.15, 0.2) is 0 Å². The lowest BCUT2D eigenvalue weighted by Crippen LogP contribution is -2.44. The van der Waals surface area contributed by atoms with Crippen LogP contribution in [0.2, 0.25) is 0 Å². The van der Waals surface area contributed by atoms with Gasteiger partial charge in [-0.15, -0.1) is 0 Å². The summed E-state index contributed by atoms with van der Waals surface area (Å²) >= 11 is 0.